The van der Waals surface area contributed by atoms with E-state index in [9.17, 15) is 18.5 Å². The van der Waals surface area contributed by atoms with Crippen molar-refractivity contribution in [3.63, 3.8) is 0 Å². The van der Waals surface area contributed by atoms with Crippen LogP contribution in [0.4, 0.5) is 0 Å². The Hall–Kier alpha value is -2.74. The Kier molecular flexibility index (Phi) is 6.60. The number of aliphatic imine (C=N–C) groups is 1. The van der Waals surface area contributed by atoms with Gasteiger partial charge in [-0.2, -0.15) is 5.26 Å². The SMILES string of the molecule is N#C/C(=C\N=C1S[C@@H]2CS(=O)(=O)C[C@H]2N1Cc1ccc(Cl)cc1)C(=O)NCc1ccco1. The number of furan rings is 1. The van der Waals surface area contributed by atoms with Gasteiger partial charge in [0, 0.05) is 16.8 Å². The first-order valence-electron chi connectivity index (χ1n) is 9.71. The van der Waals surface area contributed by atoms with Crippen LogP contribution in [0.3, 0.4) is 0 Å². The molecular formula is C21H19ClN4O4S2. The predicted octanol–water partition coefficient (Wildman–Crippen LogP) is 2.73. The number of nitriles is 1. The highest BCUT2D eigenvalue weighted by molar-refractivity contribution is 8.15. The number of amides is 1. The van der Waals surface area contributed by atoms with Crippen molar-refractivity contribution in [2.75, 3.05) is 11.5 Å². The van der Waals surface area contributed by atoms with E-state index >= 15 is 0 Å². The van der Waals surface area contributed by atoms with Gasteiger partial charge in [0.25, 0.3) is 5.91 Å². The zero-order valence-electron chi connectivity index (χ0n) is 16.8. The van der Waals surface area contributed by atoms with Crippen LogP contribution in [0.1, 0.15) is 11.3 Å². The summed E-state index contributed by atoms with van der Waals surface area (Å²) >= 11 is 7.33. The van der Waals surface area contributed by atoms with E-state index in [4.69, 9.17) is 16.0 Å². The van der Waals surface area contributed by atoms with Gasteiger partial charge in [-0.15, -0.1) is 0 Å². The molecule has 0 aliphatic carbocycles. The van der Waals surface area contributed by atoms with Crippen LogP contribution in [-0.2, 0) is 27.7 Å². The molecule has 8 nitrogen and oxygen atoms in total. The molecule has 1 aromatic heterocycles. The molecule has 166 valence electrons. The standard InChI is InChI=1S/C21H19ClN4O4S2/c22-16-5-3-14(4-6-16)11-26-18-12-32(28,29)13-19(18)31-21(26)25-9-15(8-23)20(27)24-10-17-2-1-7-30-17/h1-7,9,18-19H,10-13H2,(H,24,27)/b15-9+,25-21?/t18-,19-/m1/s1. The lowest BCUT2D eigenvalue weighted by Crippen LogP contribution is -2.36. The monoisotopic (exact) mass is 490 g/mol. The van der Waals surface area contributed by atoms with Crippen LogP contribution < -0.4 is 5.32 Å². The first kappa shape index (κ1) is 22.5. The molecule has 2 aliphatic rings. The smallest absolute Gasteiger partial charge is 0.263 e. The number of amidine groups is 1. The number of benzene rings is 1. The number of hydrogen-bond acceptors (Lipinski definition) is 7. The number of fused-ring (bicyclic) bond motifs is 1. The second-order valence-corrected chi connectivity index (χ2v) is 11.2. The van der Waals surface area contributed by atoms with Gasteiger partial charge in [-0.3, -0.25) is 4.79 Å². The van der Waals surface area contributed by atoms with Crippen LogP contribution in [-0.4, -0.2) is 47.2 Å². The number of carbonyl (C=O) groups is 1. The Morgan fingerprint density at radius 1 is 1.34 bits per heavy atom. The van der Waals surface area contributed by atoms with Gasteiger partial charge in [-0.1, -0.05) is 35.5 Å². The van der Waals surface area contributed by atoms with Gasteiger partial charge < -0.3 is 14.6 Å². The summed E-state index contributed by atoms with van der Waals surface area (Å²) in [5.41, 5.74) is 0.800. The van der Waals surface area contributed by atoms with Crippen molar-refractivity contribution in [1.82, 2.24) is 10.2 Å². The molecule has 3 heterocycles. The molecule has 0 radical (unpaired) electrons. The Labute approximate surface area is 194 Å². The molecule has 0 saturated carbocycles. The van der Waals surface area contributed by atoms with Crippen molar-refractivity contribution >= 4 is 44.3 Å². The second-order valence-electron chi connectivity index (χ2n) is 7.38. The highest BCUT2D eigenvalue weighted by atomic mass is 35.5. The summed E-state index contributed by atoms with van der Waals surface area (Å²) in [7, 11) is -3.12. The third-order valence-electron chi connectivity index (χ3n) is 5.11. The van der Waals surface area contributed by atoms with Crippen LogP contribution in [0.5, 0.6) is 0 Å². The van der Waals surface area contributed by atoms with Crippen LogP contribution in [0.2, 0.25) is 5.02 Å². The zero-order valence-corrected chi connectivity index (χ0v) is 19.2. The maximum atomic E-state index is 12.3. The average Bonchev–Trinajstić information content (AvgIpc) is 3.45. The normalized spacial score (nSPS) is 23.2. The van der Waals surface area contributed by atoms with Gasteiger partial charge in [-0.25, -0.2) is 13.4 Å². The van der Waals surface area contributed by atoms with Crippen molar-refractivity contribution < 1.29 is 17.6 Å². The van der Waals surface area contributed by atoms with E-state index in [2.05, 4.69) is 10.3 Å². The molecule has 2 aromatic rings. The predicted molar refractivity (Wildman–Crippen MR) is 123 cm³/mol. The summed E-state index contributed by atoms with van der Waals surface area (Å²) in [6.07, 6.45) is 2.72. The van der Waals surface area contributed by atoms with Gasteiger partial charge in [0.05, 0.1) is 36.6 Å². The molecule has 2 fully saturated rings. The molecule has 0 spiro atoms. The minimum Gasteiger partial charge on any atom is -0.467 e. The number of nitrogens with one attached hydrogen (secondary N) is 1. The van der Waals surface area contributed by atoms with Crippen molar-refractivity contribution in [2.45, 2.75) is 24.4 Å². The molecule has 1 amide bonds. The summed E-state index contributed by atoms with van der Waals surface area (Å²) in [6, 6.07) is 12.4. The van der Waals surface area contributed by atoms with Crippen molar-refractivity contribution in [2.24, 2.45) is 4.99 Å². The molecule has 32 heavy (non-hydrogen) atoms. The van der Waals surface area contributed by atoms with Gasteiger partial charge in [-0.05, 0) is 29.8 Å². The molecule has 2 aliphatic heterocycles. The van der Waals surface area contributed by atoms with Gasteiger partial charge in [0.2, 0.25) is 0 Å². The third kappa shape index (κ3) is 5.18. The molecule has 11 heteroatoms. The molecule has 1 aromatic carbocycles. The number of carbonyl (C=O) groups excluding carboxylic acids is 1. The summed E-state index contributed by atoms with van der Waals surface area (Å²) in [6.45, 7) is 0.598. The van der Waals surface area contributed by atoms with E-state index in [-0.39, 0.29) is 34.9 Å². The topological polar surface area (TPSA) is 116 Å². The number of thioether (sulfide) groups is 1. The summed E-state index contributed by atoms with van der Waals surface area (Å²) < 4.78 is 29.5. The Morgan fingerprint density at radius 3 is 2.81 bits per heavy atom. The van der Waals surface area contributed by atoms with Crippen molar-refractivity contribution in [3.8, 4) is 6.07 Å². The van der Waals surface area contributed by atoms with E-state index in [1.165, 1.54) is 24.2 Å². The maximum Gasteiger partial charge on any atom is 0.263 e. The Morgan fingerprint density at radius 2 is 2.12 bits per heavy atom. The van der Waals surface area contributed by atoms with Crippen LogP contribution in [0.25, 0.3) is 0 Å². The lowest BCUT2D eigenvalue weighted by atomic mass is 10.1. The minimum absolute atomic E-state index is 0.0513. The fourth-order valence-corrected chi connectivity index (χ4v) is 7.61. The van der Waals surface area contributed by atoms with Crippen LogP contribution >= 0.6 is 23.4 Å². The first-order valence-corrected chi connectivity index (χ1v) is 12.8. The Bertz CT molecular complexity index is 1200. The number of rotatable bonds is 6. The maximum absolute atomic E-state index is 12.3. The van der Waals surface area contributed by atoms with Gasteiger partial charge in [0.1, 0.15) is 17.4 Å². The fourth-order valence-electron chi connectivity index (χ4n) is 3.55. The molecule has 0 unspecified atom stereocenters. The average molecular weight is 491 g/mol. The lowest BCUT2D eigenvalue weighted by Gasteiger charge is -2.24. The summed E-state index contributed by atoms with van der Waals surface area (Å²) in [4.78, 5) is 18.7. The second kappa shape index (κ2) is 9.40. The fraction of sp³-hybridized carbons (Fsp3) is 0.286. The molecule has 4 rings (SSSR count). The summed E-state index contributed by atoms with van der Waals surface area (Å²) in [5, 5.41) is 13.1. The first-order chi connectivity index (χ1) is 15.3. The molecular weight excluding hydrogens is 472 g/mol. The van der Waals surface area contributed by atoms with E-state index < -0.39 is 15.7 Å². The molecule has 2 saturated heterocycles. The minimum atomic E-state index is -3.12. The van der Waals surface area contributed by atoms with E-state index in [1.807, 2.05) is 23.1 Å². The van der Waals surface area contributed by atoms with Crippen LogP contribution in [0.15, 0.2) is 63.8 Å². The van der Waals surface area contributed by atoms with E-state index in [0.717, 1.165) is 5.56 Å². The summed E-state index contributed by atoms with van der Waals surface area (Å²) in [5.74, 6) is 0.131. The molecule has 1 N–H and O–H groups in total. The number of nitrogens with zero attached hydrogens (tertiary/aromatic N) is 3. The van der Waals surface area contributed by atoms with Crippen LogP contribution in [0, 0.1) is 11.3 Å². The molecule has 2 atom stereocenters. The molecule has 0 bridgehead atoms. The van der Waals surface area contributed by atoms with E-state index in [0.29, 0.717) is 22.5 Å². The number of halogens is 1. The highest BCUT2D eigenvalue weighted by Gasteiger charge is 2.48. The quantitative estimate of drug-likeness (QED) is 0.488. The lowest BCUT2D eigenvalue weighted by molar-refractivity contribution is -0.117. The van der Waals surface area contributed by atoms with E-state index in [1.54, 1.807) is 24.3 Å². The largest absolute Gasteiger partial charge is 0.467 e. The third-order valence-corrected chi connectivity index (χ3v) is 8.63. The highest BCUT2D eigenvalue weighted by Crippen LogP contribution is 2.39. The van der Waals surface area contributed by atoms with Gasteiger partial charge in [0.15, 0.2) is 15.0 Å². The number of hydrogen-bond donors (Lipinski definition) is 1. The zero-order chi connectivity index (χ0) is 22.7. The van der Waals surface area contributed by atoms with Crippen molar-refractivity contribution in [1.29, 1.82) is 5.26 Å². The number of sulfone groups is 1. The van der Waals surface area contributed by atoms with Gasteiger partial charge >= 0.3 is 0 Å². The Balaban J connectivity index is 1.54. The van der Waals surface area contributed by atoms with Crippen molar-refractivity contribution in [3.05, 3.63) is 70.8 Å².